The third kappa shape index (κ3) is 3.60. The van der Waals surface area contributed by atoms with Crippen LogP contribution in [-0.4, -0.2) is 13.7 Å². The van der Waals surface area contributed by atoms with Gasteiger partial charge in [-0.25, -0.2) is 0 Å². The van der Waals surface area contributed by atoms with Crippen LogP contribution in [0.25, 0.3) is 0 Å². The van der Waals surface area contributed by atoms with Gasteiger partial charge in [-0.15, -0.1) is 11.3 Å². The lowest BCUT2D eigenvalue weighted by atomic mass is 10.0. The summed E-state index contributed by atoms with van der Waals surface area (Å²) in [6, 6.07) is 6.35. The van der Waals surface area contributed by atoms with Gasteiger partial charge in [-0.1, -0.05) is 36.2 Å². The lowest BCUT2D eigenvalue weighted by molar-refractivity contribution is 0.404. The van der Waals surface area contributed by atoms with Gasteiger partial charge in [-0.2, -0.15) is 0 Å². The van der Waals surface area contributed by atoms with Gasteiger partial charge >= 0.3 is 0 Å². The maximum Gasteiger partial charge on any atom is 0.124 e. The SMILES string of the molecule is CCCNC(c1cc(C)ccc1OC)c1scc(C)c1Cl. The van der Waals surface area contributed by atoms with E-state index in [-0.39, 0.29) is 6.04 Å². The molecule has 2 aromatic rings. The Bertz CT molecular complexity index is 609. The topological polar surface area (TPSA) is 21.3 Å². The Morgan fingerprint density at radius 3 is 2.67 bits per heavy atom. The average molecular weight is 324 g/mol. The van der Waals surface area contributed by atoms with E-state index >= 15 is 0 Å². The van der Waals surface area contributed by atoms with Crippen molar-refractivity contribution < 1.29 is 4.74 Å². The van der Waals surface area contributed by atoms with E-state index in [1.54, 1.807) is 18.4 Å². The molecule has 1 N–H and O–H groups in total. The molecule has 114 valence electrons. The minimum atomic E-state index is 0.0750. The quantitative estimate of drug-likeness (QED) is 0.797. The van der Waals surface area contributed by atoms with Gasteiger partial charge in [0.1, 0.15) is 5.75 Å². The number of thiophene rings is 1. The Morgan fingerprint density at radius 1 is 1.33 bits per heavy atom. The number of hydrogen-bond acceptors (Lipinski definition) is 3. The van der Waals surface area contributed by atoms with Crippen LogP contribution in [0.2, 0.25) is 5.02 Å². The third-order valence-corrected chi connectivity index (χ3v) is 5.26. The van der Waals surface area contributed by atoms with E-state index in [1.807, 2.05) is 13.0 Å². The summed E-state index contributed by atoms with van der Waals surface area (Å²) in [5, 5.41) is 6.57. The Balaban J connectivity index is 2.50. The summed E-state index contributed by atoms with van der Waals surface area (Å²) >= 11 is 8.20. The second-order valence-electron chi connectivity index (χ2n) is 5.23. The van der Waals surface area contributed by atoms with E-state index in [0.29, 0.717) is 0 Å². The van der Waals surface area contributed by atoms with Crippen molar-refractivity contribution in [3.05, 3.63) is 50.2 Å². The smallest absolute Gasteiger partial charge is 0.124 e. The molecule has 0 radical (unpaired) electrons. The molecule has 1 aromatic heterocycles. The number of halogens is 1. The molecule has 0 aliphatic heterocycles. The predicted octanol–water partition coefficient (Wildman–Crippen LogP) is 5.12. The predicted molar refractivity (Wildman–Crippen MR) is 91.9 cm³/mol. The Hall–Kier alpha value is -1.03. The molecule has 0 fully saturated rings. The number of hydrogen-bond donors (Lipinski definition) is 1. The number of aryl methyl sites for hydroxylation is 2. The van der Waals surface area contributed by atoms with Crippen molar-refractivity contribution in [1.29, 1.82) is 0 Å². The molecule has 0 bridgehead atoms. The van der Waals surface area contributed by atoms with E-state index in [9.17, 15) is 0 Å². The van der Waals surface area contributed by atoms with Gasteiger partial charge in [0.15, 0.2) is 0 Å². The lowest BCUT2D eigenvalue weighted by Gasteiger charge is -2.21. The standard InChI is InChI=1S/C17H22ClNOS/c1-5-8-19-16(17-15(18)12(3)10-21-17)13-9-11(2)6-7-14(13)20-4/h6-7,9-10,16,19H,5,8H2,1-4H3. The number of benzene rings is 1. The molecule has 0 aliphatic rings. The van der Waals surface area contributed by atoms with E-state index < -0.39 is 0 Å². The van der Waals surface area contributed by atoms with E-state index in [1.165, 1.54) is 5.56 Å². The van der Waals surface area contributed by atoms with Crippen molar-refractivity contribution in [2.45, 2.75) is 33.2 Å². The zero-order valence-electron chi connectivity index (χ0n) is 13.0. The first-order valence-electron chi connectivity index (χ1n) is 7.19. The summed E-state index contributed by atoms with van der Waals surface area (Å²) in [4.78, 5) is 1.16. The van der Waals surface area contributed by atoms with Gasteiger partial charge in [0.05, 0.1) is 18.2 Å². The van der Waals surface area contributed by atoms with Gasteiger partial charge in [0, 0.05) is 10.4 Å². The van der Waals surface area contributed by atoms with E-state index in [2.05, 4.69) is 36.7 Å². The van der Waals surface area contributed by atoms with Crippen molar-refractivity contribution in [3.63, 3.8) is 0 Å². The molecule has 2 rings (SSSR count). The van der Waals surface area contributed by atoms with Crippen molar-refractivity contribution in [1.82, 2.24) is 5.32 Å². The first kappa shape index (κ1) is 16.3. The van der Waals surface area contributed by atoms with E-state index in [4.69, 9.17) is 16.3 Å². The molecule has 0 aliphatic carbocycles. The highest BCUT2D eigenvalue weighted by molar-refractivity contribution is 7.10. The number of ether oxygens (including phenoxy) is 1. The van der Waals surface area contributed by atoms with E-state index in [0.717, 1.165) is 39.7 Å². The first-order chi connectivity index (χ1) is 10.1. The molecular weight excluding hydrogens is 302 g/mol. The van der Waals surface area contributed by atoms with Gasteiger partial charge < -0.3 is 10.1 Å². The molecule has 1 aromatic carbocycles. The second-order valence-corrected chi connectivity index (χ2v) is 6.52. The van der Waals surface area contributed by atoms with Crippen molar-refractivity contribution >= 4 is 22.9 Å². The van der Waals surface area contributed by atoms with Crippen molar-refractivity contribution in [2.75, 3.05) is 13.7 Å². The molecule has 1 heterocycles. The minimum absolute atomic E-state index is 0.0750. The summed E-state index contributed by atoms with van der Waals surface area (Å²) in [5.41, 5.74) is 3.50. The zero-order valence-corrected chi connectivity index (χ0v) is 14.6. The van der Waals surface area contributed by atoms with Crippen LogP contribution < -0.4 is 10.1 Å². The van der Waals surface area contributed by atoms with Crippen LogP contribution in [0.1, 0.15) is 41.0 Å². The fourth-order valence-corrected chi connectivity index (χ4v) is 3.75. The van der Waals surface area contributed by atoms with Crippen LogP contribution in [0.5, 0.6) is 5.75 Å². The molecule has 1 atom stereocenters. The third-order valence-electron chi connectivity index (χ3n) is 3.48. The van der Waals surface area contributed by atoms with Gasteiger partial charge in [-0.3, -0.25) is 0 Å². The van der Waals surface area contributed by atoms with Crippen LogP contribution in [0.4, 0.5) is 0 Å². The molecule has 0 spiro atoms. The second kappa shape index (κ2) is 7.30. The Kier molecular flexibility index (Phi) is 5.68. The highest BCUT2D eigenvalue weighted by Crippen LogP contribution is 2.39. The molecule has 0 saturated carbocycles. The summed E-state index contributed by atoms with van der Waals surface area (Å²) in [6.07, 6.45) is 1.08. The molecule has 4 heteroatoms. The maximum atomic E-state index is 6.50. The monoisotopic (exact) mass is 323 g/mol. The van der Waals surface area contributed by atoms with Crippen LogP contribution in [0.3, 0.4) is 0 Å². The summed E-state index contributed by atoms with van der Waals surface area (Å²) in [5.74, 6) is 0.899. The van der Waals surface area contributed by atoms with Crippen molar-refractivity contribution in [2.24, 2.45) is 0 Å². The minimum Gasteiger partial charge on any atom is -0.496 e. The van der Waals surface area contributed by atoms with Crippen LogP contribution in [-0.2, 0) is 0 Å². The Morgan fingerprint density at radius 2 is 2.10 bits per heavy atom. The number of rotatable bonds is 6. The van der Waals surface area contributed by atoms with Crippen LogP contribution in [0, 0.1) is 13.8 Å². The lowest BCUT2D eigenvalue weighted by Crippen LogP contribution is -2.23. The molecule has 0 saturated heterocycles. The van der Waals surface area contributed by atoms with Crippen LogP contribution >= 0.6 is 22.9 Å². The molecular formula is C17H22ClNOS. The number of nitrogens with one attached hydrogen (secondary N) is 1. The fourth-order valence-electron chi connectivity index (χ4n) is 2.36. The van der Waals surface area contributed by atoms with Crippen LogP contribution in [0.15, 0.2) is 23.6 Å². The molecule has 21 heavy (non-hydrogen) atoms. The maximum absolute atomic E-state index is 6.50. The zero-order chi connectivity index (χ0) is 15.4. The molecule has 1 unspecified atom stereocenters. The Labute approximate surface area is 136 Å². The van der Waals surface area contributed by atoms with Gasteiger partial charge in [0.25, 0.3) is 0 Å². The van der Waals surface area contributed by atoms with Crippen molar-refractivity contribution in [3.8, 4) is 5.75 Å². The highest BCUT2D eigenvalue weighted by Gasteiger charge is 2.22. The summed E-state index contributed by atoms with van der Waals surface area (Å²) in [7, 11) is 1.71. The fraction of sp³-hybridized carbons (Fsp3) is 0.412. The normalized spacial score (nSPS) is 12.4. The highest BCUT2D eigenvalue weighted by atomic mass is 35.5. The first-order valence-corrected chi connectivity index (χ1v) is 8.45. The molecule has 0 amide bonds. The summed E-state index contributed by atoms with van der Waals surface area (Å²) < 4.78 is 5.55. The van der Waals surface area contributed by atoms with Gasteiger partial charge in [-0.05, 0) is 43.8 Å². The average Bonchev–Trinajstić information content (AvgIpc) is 2.80. The number of methoxy groups -OCH3 is 1. The summed E-state index contributed by atoms with van der Waals surface area (Å²) in [6.45, 7) is 7.25. The molecule has 2 nitrogen and oxygen atoms in total. The van der Waals surface area contributed by atoms with Gasteiger partial charge in [0.2, 0.25) is 0 Å². The largest absolute Gasteiger partial charge is 0.496 e.